The van der Waals surface area contributed by atoms with E-state index in [0.29, 0.717) is 16.9 Å². The highest BCUT2D eigenvalue weighted by Gasteiger charge is 2.50. The van der Waals surface area contributed by atoms with Gasteiger partial charge in [0.1, 0.15) is 17.6 Å². The van der Waals surface area contributed by atoms with Gasteiger partial charge in [0.05, 0.1) is 12.5 Å². The van der Waals surface area contributed by atoms with Crippen molar-refractivity contribution in [3.63, 3.8) is 0 Å². The number of Topliss-reactive ketones (excluding diaryl/α,β-unsaturated/α-hetero) is 1. The number of carbonyl (C=O) groups excluding carboxylic acids is 3. The summed E-state index contributed by atoms with van der Waals surface area (Å²) in [5.74, 6) is -1.67. The summed E-state index contributed by atoms with van der Waals surface area (Å²) in [6, 6.07) is 23.9. The van der Waals surface area contributed by atoms with Crippen molar-refractivity contribution in [3.8, 4) is 0 Å². The number of nitrogens with one attached hydrogen (secondary N) is 2. The van der Waals surface area contributed by atoms with E-state index in [0.717, 1.165) is 22.0 Å². The third-order valence-electron chi connectivity index (χ3n) is 6.71. The van der Waals surface area contributed by atoms with E-state index in [1.54, 1.807) is 12.1 Å². The van der Waals surface area contributed by atoms with E-state index in [9.17, 15) is 14.4 Å². The van der Waals surface area contributed by atoms with Gasteiger partial charge in [-0.1, -0.05) is 78.4 Å². The minimum Gasteiger partial charge on any atom is -0.339 e. The van der Waals surface area contributed by atoms with Crippen molar-refractivity contribution >= 4 is 40.3 Å². The summed E-state index contributed by atoms with van der Waals surface area (Å²) in [6.07, 6.45) is 0. The van der Waals surface area contributed by atoms with E-state index in [4.69, 9.17) is 4.99 Å². The molecule has 2 unspecified atom stereocenters. The average Bonchev–Trinajstić information content (AvgIpc) is 3.24. The molecule has 0 aliphatic carbocycles. The number of hydrogen-bond acceptors (Lipinski definition) is 4. The molecular weight excluding hydrogens is 440 g/mol. The molecule has 2 N–H and O–H groups in total. The number of carbonyl (C=O) groups is 3. The van der Waals surface area contributed by atoms with Crippen molar-refractivity contribution in [2.45, 2.75) is 19.4 Å². The molecular formula is C28H22N4O3. The smallest absolute Gasteiger partial charge is 0.329 e. The van der Waals surface area contributed by atoms with Gasteiger partial charge >= 0.3 is 6.03 Å². The van der Waals surface area contributed by atoms with Crippen LogP contribution in [0.2, 0.25) is 0 Å². The summed E-state index contributed by atoms with van der Waals surface area (Å²) in [4.78, 5) is 49.8. The van der Waals surface area contributed by atoms with Gasteiger partial charge in [-0.15, -0.1) is 0 Å². The Balaban J connectivity index is 1.54. The molecule has 172 valence electrons. The van der Waals surface area contributed by atoms with Crippen molar-refractivity contribution in [1.82, 2.24) is 15.2 Å². The highest BCUT2D eigenvalue weighted by molar-refractivity contribution is 6.23. The summed E-state index contributed by atoms with van der Waals surface area (Å²) >= 11 is 0. The third-order valence-corrected chi connectivity index (χ3v) is 6.71. The molecule has 7 nitrogen and oxygen atoms in total. The van der Waals surface area contributed by atoms with Gasteiger partial charge in [0.15, 0.2) is 5.78 Å². The Morgan fingerprint density at radius 3 is 2.43 bits per heavy atom. The lowest BCUT2D eigenvalue weighted by Gasteiger charge is -2.39. The van der Waals surface area contributed by atoms with E-state index in [-0.39, 0.29) is 18.2 Å². The summed E-state index contributed by atoms with van der Waals surface area (Å²) in [5, 5.41) is 3.31. The number of nitrogens with zero attached hydrogens (tertiary/aromatic N) is 2. The van der Waals surface area contributed by atoms with Crippen LogP contribution in [0.15, 0.2) is 83.9 Å². The van der Waals surface area contributed by atoms with Crippen molar-refractivity contribution < 1.29 is 14.4 Å². The molecule has 7 heteroatoms. The number of fused-ring (bicyclic) bond motifs is 4. The van der Waals surface area contributed by atoms with Crippen LogP contribution in [0.4, 0.5) is 10.6 Å². The fourth-order valence-electron chi connectivity index (χ4n) is 5.00. The van der Waals surface area contributed by atoms with Gasteiger partial charge in [0.2, 0.25) is 5.91 Å². The van der Waals surface area contributed by atoms with Gasteiger partial charge in [0, 0.05) is 22.0 Å². The minimum atomic E-state index is -0.933. The number of ketones is 1. The molecule has 2 aliphatic rings. The van der Waals surface area contributed by atoms with Crippen LogP contribution in [0.1, 0.15) is 33.0 Å². The average molecular weight is 463 g/mol. The van der Waals surface area contributed by atoms with Crippen molar-refractivity contribution in [2.24, 2.45) is 10.9 Å². The molecule has 0 spiro atoms. The summed E-state index contributed by atoms with van der Waals surface area (Å²) < 4.78 is 0. The molecule has 3 amide bonds. The standard InChI is InChI=1S/C28H22N4O3/c1-16-11-13-18(14-12-16)24(33)22-21-19-9-5-6-10-20(19)29-25(21)30-26-23(22)27(34)31-28(35)32(26)15-17-7-3-2-4-8-17/h2-14,22-23,29H,15H2,1H3,(H,31,34,35). The van der Waals surface area contributed by atoms with E-state index < -0.39 is 23.8 Å². The van der Waals surface area contributed by atoms with Crippen LogP contribution in [-0.2, 0) is 11.3 Å². The Kier molecular flexibility index (Phi) is 4.84. The predicted octanol–water partition coefficient (Wildman–Crippen LogP) is 4.85. The maximum absolute atomic E-state index is 14.0. The van der Waals surface area contributed by atoms with E-state index >= 15 is 0 Å². The molecule has 0 bridgehead atoms. The first kappa shape index (κ1) is 21.0. The molecule has 0 saturated carbocycles. The number of hydrogen-bond donors (Lipinski definition) is 2. The Morgan fingerprint density at radius 2 is 1.66 bits per heavy atom. The fraction of sp³-hybridized carbons (Fsp3) is 0.143. The van der Waals surface area contributed by atoms with Crippen LogP contribution in [0.5, 0.6) is 0 Å². The Bertz CT molecular complexity index is 1520. The van der Waals surface area contributed by atoms with Crippen LogP contribution < -0.4 is 5.32 Å². The molecule has 1 fully saturated rings. The molecule has 35 heavy (non-hydrogen) atoms. The second-order valence-corrected chi connectivity index (χ2v) is 8.95. The number of urea groups is 1. The lowest BCUT2D eigenvalue weighted by atomic mass is 9.76. The molecule has 1 aromatic heterocycles. The molecule has 3 heterocycles. The maximum atomic E-state index is 14.0. The minimum absolute atomic E-state index is 0.183. The Hall–Kier alpha value is -4.52. The summed E-state index contributed by atoms with van der Waals surface area (Å²) in [7, 11) is 0. The number of rotatable bonds is 4. The zero-order valence-electron chi connectivity index (χ0n) is 19.0. The number of para-hydroxylation sites is 1. The zero-order chi connectivity index (χ0) is 24.1. The first-order valence-electron chi connectivity index (χ1n) is 11.5. The predicted molar refractivity (Wildman–Crippen MR) is 133 cm³/mol. The third kappa shape index (κ3) is 3.44. The number of aryl methyl sites for hydroxylation is 1. The van der Waals surface area contributed by atoms with E-state index in [1.165, 1.54) is 4.90 Å². The molecule has 4 aromatic rings. The number of H-pyrrole nitrogens is 1. The van der Waals surface area contributed by atoms with Crippen LogP contribution in [0.25, 0.3) is 10.9 Å². The molecule has 2 atom stereocenters. The van der Waals surface area contributed by atoms with Gasteiger partial charge in [-0.05, 0) is 18.6 Å². The quantitative estimate of drug-likeness (QED) is 0.424. The second-order valence-electron chi connectivity index (χ2n) is 8.95. The zero-order valence-corrected chi connectivity index (χ0v) is 19.0. The molecule has 2 aliphatic heterocycles. The number of imide groups is 1. The van der Waals surface area contributed by atoms with Crippen LogP contribution in [-0.4, -0.2) is 33.4 Å². The number of amides is 3. The highest BCUT2D eigenvalue weighted by Crippen LogP contribution is 2.45. The maximum Gasteiger partial charge on any atom is 0.329 e. The fourth-order valence-corrected chi connectivity index (χ4v) is 5.00. The van der Waals surface area contributed by atoms with Crippen LogP contribution >= 0.6 is 0 Å². The first-order chi connectivity index (χ1) is 17.0. The number of aromatic nitrogens is 1. The largest absolute Gasteiger partial charge is 0.339 e. The lowest BCUT2D eigenvalue weighted by molar-refractivity contribution is -0.123. The lowest BCUT2D eigenvalue weighted by Crippen LogP contribution is -2.60. The van der Waals surface area contributed by atoms with Crippen molar-refractivity contribution in [3.05, 3.63) is 101 Å². The monoisotopic (exact) mass is 462 g/mol. The molecule has 3 aromatic carbocycles. The van der Waals surface area contributed by atoms with Gasteiger partial charge in [-0.25, -0.2) is 9.79 Å². The SMILES string of the molecule is Cc1ccc(C(=O)C2c3c([nH]c4ccccc34)N=C3C2C(=O)NC(=O)N3Cc2ccccc2)cc1. The van der Waals surface area contributed by atoms with Crippen molar-refractivity contribution in [2.75, 3.05) is 0 Å². The molecule has 0 radical (unpaired) electrons. The van der Waals surface area contributed by atoms with E-state index in [2.05, 4.69) is 10.3 Å². The van der Waals surface area contributed by atoms with E-state index in [1.807, 2.05) is 73.7 Å². The number of benzene rings is 3. The Morgan fingerprint density at radius 1 is 0.943 bits per heavy atom. The van der Waals surface area contributed by atoms with Crippen molar-refractivity contribution in [1.29, 1.82) is 0 Å². The van der Waals surface area contributed by atoms with Crippen LogP contribution in [0.3, 0.4) is 0 Å². The number of amidine groups is 1. The number of aromatic amines is 1. The molecule has 6 rings (SSSR count). The Labute approximate surface area is 201 Å². The normalized spacial score (nSPS) is 19.1. The second kappa shape index (κ2) is 8.06. The van der Waals surface area contributed by atoms with Gasteiger partial charge in [0.25, 0.3) is 0 Å². The molecule has 1 saturated heterocycles. The topological polar surface area (TPSA) is 94.6 Å². The van der Waals surface area contributed by atoms with Gasteiger partial charge < -0.3 is 4.98 Å². The summed E-state index contributed by atoms with van der Waals surface area (Å²) in [5.41, 5.74) is 3.95. The highest BCUT2D eigenvalue weighted by atomic mass is 16.2. The van der Waals surface area contributed by atoms with Crippen LogP contribution in [0, 0.1) is 12.8 Å². The van der Waals surface area contributed by atoms with Gasteiger partial charge in [-0.2, -0.15) is 0 Å². The number of aliphatic imine (C=N–C) groups is 1. The van der Waals surface area contributed by atoms with Gasteiger partial charge in [-0.3, -0.25) is 19.8 Å². The summed E-state index contributed by atoms with van der Waals surface area (Å²) in [6.45, 7) is 2.19. The first-order valence-corrected chi connectivity index (χ1v) is 11.5.